The number of rotatable bonds is 2. The van der Waals surface area contributed by atoms with Crippen LogP contribution in [0.3, 0.4) is 0 Å². The Kier molecular flexibility index (Phi) is 2.35. The molecule has 14 heavy (non-hydrogen) atoms. The highest BCUT2D eigenvalue weighted by Crippen LogP contribution is 2.29. The van der Waals surface area contributed by atoms with Gasteiger partial charge in [0.25, 0.3) is 0 Å². The van der Waals surface area contributed by atoms with Crippen molar-refractivity contribution in [3.63, 3.8) is 0 Å². The van der Waals surface area contributed by atoms with Crippen molar-refractivity contribution in [1.82, 2.24) is 0 Å². The summed E-state index contributed by atoms with van der Waals surface area (Å²) in [5.41, 5.74) is 3.28. The molecule has 2 heteroatoms. The molecule has 0 saturated carbocycles. The predicted octanol–water partition coefficient (Wildman–Crippen LogP) is 3.15. The minimum Gasteiger partial charge on any atom is -0.375 e. The van der Waals surface area contributed by atoms with Crippen LogP contribution in [0, 0.1) is 0 Å². The van der Waals surface area contributed by atoms with E-state index in [2.05, 4.69) is 29.9 Å². The summed E-state index contributed by atoms with van der Waals surface area (Å²) in [6, 6.07) is 8.41. The van der Waals surface area contributed by atoms with Gasteiger partial charge in [-0.15, -0.1) is 6.58 Å². The molecule has 1 heterocycles. The van der Waals surface area contributed by atoms with Gasteiger partial charge in [-0.05, 0) is 25.5 Å². The van der Waals surface area contributed by atoms with E-state index in [4.69, 9.17) is 0 Å². The monoisotopic (exact) mass is 186 g/mol. The van der Waals surface area contributed by atoms with Crippen molar-refractivity contribution >= 4 is 17.1 Å². The molecule has 0 unspecified atom stereocenters. The van der Waals surface area contributed by atoms with Crippen LogP contribution in [0.5, 0.6) is 0 Å². The van der Waals surface area contributed by atoms with Crippen molar-refractivity contribution in [2.75, 3.05) is 5.32 Å². The Labute approximate surface area is 84.4 Å². The fourth-order valence-corrected chi connectivity index (χ4v) is 1.65. The van der Waals surface area contributed by atoms with Crippen molar-refractivity contribution in [3.05, 3.63) is 36.9 Å². The molecular weight excluding hydrogens is 172 g/mol. The van der Waals surface area contributed by atoms with Gasteiger partial charge in [0.1, 0.15) is 0 Å². The number of hydrogen-bond donors (Lipinski definition) is 1. The van der Waals surface area contributed by atoms with Gasteiger partial charge in [-0.3, -0.25) is 4.99 Å². The maximum atomic E-state index is 4.55. The maximum Gasteiger partial charge on any atom is 0.0861 e. The molecule has 0 radical (unpaired) electrons. The second-order valence-corrected chi connectivity index (χ2v) is 3.49. The van der Waals surface area contributed by atoms with Crippen molar-refractivity contribution in [2.24, 2.45) is 4.99 Å². The summed E-state index contributed by atoms with van der Waals surface area (Å²) in [5.74, 6) is 0. The number of benzene rings is 1. The number of aliphatic imine (C=N–C) groups is 1. The van der Waals surface area contributed by atoms with Gasteiger partial charge < -0.3 is 5.32 Å². The molecule has 1 aromatic carbocycles. The molecule has 0 saturated heterocycles. The third-order valence-electron chi connectivity index (χ3n) is 2.44. The Morgan fingerprint density at radius 1 is 1.50 bits per heavy atom. The second-order valence-electron chi connectivity index (χ2n) is 3.49. The highest BCUT2D eigenvalue weighted by atomic mass is 15.0. The minimum absolute atomic E-state index is 0.308. The van der Waals surface area contributed by atoms with Gasteiger partial charge in [0.15, 0.2) is 0 Å². The van der Waals surface area contributed by atoms with Crippen LogP contribution < -0.4 is 5.32 Å². The smallest absolute Gasteiger partial charge is 0.0861 e. The van der Waals surface area contributed by atoms with Crippen molar-refractivity contribution in [3.8, 4) is 0 Å². The zero-order chi connectivity index (χ0) is 9.97. The fraction of sp³-hybridized carbons (Fsp3) is 0.250. The molecule has 2 rings (SSSR count). The van der Waals surface area contributed by atoms with Gasteiger partial charge in [0.2, 0.25) is 0 Å². The lowest BCUT2D eigenvalue weighted by Gasteiger charge is -2.24. The lowest BCUT2D eigenvalue weighted by molar-refractivity contribution is 0.920. The van der Waals surface area contributed by atoms with Crippen LogP contribution in [-0.2, 0) is 0 Å². The molecule has 0 fully saturated rings. The highest BCUT2D eigenvalue weighted by molar-refractivity contribution is 5.96. The molecule has 0 aliphatic carbocycles. The topological polar surface area (TPSA) is 24.4 Å². The molecule has 1 atom stereocenters. The van der Waals surface area contributed by atoms with E-state index in [1.807, 2.05) is 24.3 Å². The third kappa shape index (κ3) is 1.55. The lowest BCUT2D eigenvalue weighted by atomic mass is 10.1. The summed E-state index contributed by atoms with van der Waals surface area (Å²) in [4.78, 5) is 4.55. The van der Waals surface area contributed by atoms with Gasteiger partial charge in [-0.2, -0.15) is 0 Å². The van der Waals surface area contributed by atoms with Crippen LogP contribution in [0.2, 0.25) is 0 Å². The molecule has 72 valence electrons. The summed E-state index contributed by atoms with van der Waals surface area (Å²) in [6.45, 7) is 5.80. The van der Waals surface area contributed by atoms with Crippen molar-refractivity contribution < 1.29 is 0 Å². The van der Waals surface area contributed by atoms with Crippen LogP contribution in [0.4, 0.5) is 11.4 Å². The normalized spacial score (nSPS) is 19.2. The van der Waals surface area contributed by atoms with E-state index in [1.54, 1.807) is 0 Å². The van der Waals surface area contributed by atoms with E-state index in [0.717, 1.165) is 23.5 Å². The molecule has 0 aromatic heterocycles. The van der Waals surface area contributed by atoms with Crippen LogP contribution in [0.1, 0.15) is 13.3 Å². The number of hydrogen-bond acceptors (Lipinski definition) is 2. The fourth-order valence-electron chi connectivity index (χ4n) is 1.65. The van der Waals surface area contributed by atoms with Crippen LogP contribution in [0.25, 0.3) is 0 Å². The lowest BCUT2D eigenvalue weighted by Crippen LogP contribution is -2.29. The van der Waals surface area contributed by atoms with Gasteiger partial charge >= 0.3 is 0 Å². The first-order valence-corrected chi connectivity index (χ1v) is 4.83. The number of nitrogens with zero attached hydrogens (tertiary/aromatic N) is 1. The predicted molar refractivity (Wildman–Crippen MR) is 61.4 cm³/mol. The summed E-state index contributed by atoms with van der Waals surface area (Å²) in [6.07, 6.45) is 2.84. The Bertz CT molecular complexity index is 380. The van der Waals surface area contributed by atoms with Gasteiger partial charge in [-0.25, -0.2) is 0 Å². The highest BCUT2D eigenvalue weighted by Gasteiger charge is 2.16. The van der Waals surface area contributed by atoms with E-state index < -0.39 is 0 Å². The number of nitrogens with one attached hydrogen (secondary N) is 1. The first kappa shape index (κ1) is 9.00. The summed E-state index contributed by atoms with van der Waals surface area (Å²) < 4.78 is 0. The molecule has 1 N–H and O–H groups in total. The van der Waals surface area contributed by atoms with Gasteiger partial charge in [0, 0.05) is 5.71 Å². The van der Waals surface area contributed by atoms with E-state index >= 15 is 0 Å². The maximum absolute atomic E-state index is 4.55. The average Bonchev–Trinajstić information content (AvgIpc) is 2.19. The van der Waals surface area contributed by atoms with Crippen molar-refractivity contribution in [1.29, 1.82) is 0 Å². The summed E-state index contributed by atoms with van der Waals surface area (Å²) in [7, 11) is 0. The van der Waals surface area contributed by atoms with E-state index in [9.17, 15) is 0 Å². The molecule has 0 bridgehead atoms. The summed E-state index contributed by atoms with van der Waals surface area (Å²) >= 11 is 0. The average molecular weight is 186 g/mol. The van der Waals surface area contributed by atoms with Crippen LogP contribution in [0.15, 0.2) is 41.9 Å². The molecular formula is C12H14N2. The Balaban J connectivity index is 2.33. The zero-order valence-corrected chi connectivity index (χ0v) is 8.33. The zero-order valence-electron chi connectivity index (χ0n) is 8.33. The molecule has 1 aliphatic rings. The number of anilines is 1. The second kappa shape index (κ2) is 3.66. The van der Waals surface area contributed by atoms with Gasteiger partial charge in [0.05, 0.1) is 17.4 Å². The molecule has 2 nitrogen and oxygen atoms in total. The first-order valence-electron chi connectivity index (χ1n) is 4.83. The molecule has 0 amide bonds. The van der Waals surface area contributed by atoms with E-state index in [0.29, 0.717) is 6.04 Å². The Morgan fingerprint density at radius 2 is 2.29 bits per heavy atom. The minimum atomic E-state index is 0.308. The van der Waals surface area contributed by atoms with E-state index in [1.165, 1.54) is 0 Å². The van der Waals surface area contributed by atoms with Crippen molar-refractivity contribution in [2.45, 2.75) is 19.4 Å². The number of fused-ring (bicyclic) bond motifs is 1. The quantitative estimate of drug-likeness (QED) is 0.705. The Hall–Kier alpha value is -1.57. The van der Waals surface area contributed by atoms with Crippen LogP contribution in [-0.4, -0.2) is 11.8 Å². The largest absolute Gasteiger partial charge is 0.375 e. The van der Waals surface area contributed by atoms with E-state index in [-0.39, 0.29) is 0 Å². The Morgan fingerprint density at radius 3 is 3.07 bits per heavy atom. The van der Waals surface area contributed by atoms with Gasteiger partial charge in [-0.1, -0.05) is 18.2 Å². The van der Waals surface area contributed by atoms with Crippen LogP contribution >= 0.6 is 0 Å². The first-order chi connectivity index (χ1) is 6.81. The molecule has 0 spiro atoms. The molecule has 1 aromatic rings. The SMILES string of the molecule is C=CC[C@H]1Nc2ccccc2N=C1C. The molecule has 1 aliphatic heterocycles. The summed E-state index contributed by atoms with van der Waals surface area (Å²) in [5, 5.41) is 3.45. The standard InChI is InChI=1S/C12H14N2/c1-3-6-10-9(2)13-11-7-4-5-8-12(11)14-10/h3-5,7-8,10,14H,1,6H2,2H3/t10-/m1/s1. The third-order valence-corrected chi connectivity index (χ3v) is 2.44. The number of para-hydroxylation sites is 2.